The average Bonchev–Trinajstić information content (AvgIpc) is 2.84. The highest BCUT2D eigenvalue weighted by molar-refractivity contribution is 5.79. The van der Waals surface area contributed by atoms with Gasteiger partial charge in [0.1, 0.15) is 6.23 Å². The summed E-state index contributed by atoms with van der Waals surface area (Å²) in [6.45, 7) is 2.15. The molecule has 1 aromatic heterocycles. The predicted octanol–water partition coefficient (Wildman–Crippen LogP) is 4.51. The van der Waals surface area contributed by atoms with Gasteiger partial charge in [0, 0.05) is 6.20 Å². The summed E-state index contributed by atoms with van der Waals surface area (Å²) in [7, 11) is 0. The Morgan fingerprint density at radius 3 is 2.72 bits per heavy atom. The van der Waals surface area contributed by atoms with E-state index in [2.05, 4.69) is 48.0 Å². The maximum atomic E-state index is 6.21. The van der Waals surface area contributed by atoms with Crippen LogP contribution in [0, 0.1) is 0 Å². The number of ether oxygens (including phenoxy) is 1. The Balaban J connectivity index is 1.76. The van der Waals surface area contributed by atoms with E-state index in [1.165, 1.54) is 43.0 Å². The second kappa shape index (κ2) is 5.15. The lowest BCUT2D eigenvalue weighted by molar-refractivity contribution is -0.0555. The predicted molar refractivity (Wildman–Crippen MR) is 74.6 cm³/mol. The number of hydrogen-bond acceptors (Lipinski definition) is 1. The van der Waals surface area contributed by atoms with Gasteiger partial charge in [-0.15, -0.1) is 0 Å². The first-order chi connectivity index (χ1) is 8.84. The van der Waals surface area contributed by atoms with Crippen LogP contribution in [0.3, 0.4) is 0 Å². The molecular weight excluding hydrogens is 222 g/mol. The molecule has 3 rings (SSSR count). The van der Waals surface area contributed by atoms with Gasteiger partial charge < -0.3 is 9.30 Å². The molecule has 1 aliphatic carbocycles. The topological polar surface area (TPSA) is 14.2 Å². The summed E-state index contributed by atoms with van der Waals surface area (Å²) in [5, 5.41) is 1.29. The Bertz CT molecular complexity index is 511. The summed E-state index contributed by atoms with van der Waals surface area (Å²) < 4.78 is 8.45. The monoisotopic (exact) mass is 243 g/mol. The van der Waals surface area contributed by atoms with Gasteiger partial charge in [-0.2, -0.15) is 0 Å². The van der Waals surface area contributed by atoms with E-state index < -0.39 is 0 Å². The third kappa shape index (κ3) is 2.30. The molecule has 96 valence electrons. The van der Waals surface area contributed by atoms with Crippen molar-refractivity contribution >= 4 is 10.9 Å². The van der Waals surface area contributed by atoms with E-state index in [9.17, 15) is 0 Å². The molecule has 2 heteroatoms. The van der Waals surface area contributed by atoms with Crippen LogP contribution in [-0.2, 0) is 4.74 Å². The minimum Gasteiger partial charge on any atom is -0.355 e. The van der Waals surface area contributed by atoms with Crippen molar-refractivity contribution in [1.29, 1.82) is 0 Å². The minimum absolute atomic E-state index is 0.132. The second-order valence-electron chi connectivity index (χ2n) is 5.28. The number of para-hydroxylation sites is 1. The number of aromatic nitrogens is 1. The first-order valence-corrected chi connectivity index (χ1v) is 7.05. The van der Waals surface area contributed by atoms with Gasteiger partial charge in [-0.05, 0) is 37.3 Å². The molecular formula is C16H21NO. The number of fused-ring (bicyclic) bond motifs is 1. The molecule has 2 aromatic rings. The van der Waals surface area contributed by atoms with E-state index in [1.807, 2.05) is 0 Å². The highest BCUT2D eigenvalue weighted by Gasteiger charge is 2.18. The molecule has 1 aromatic carbocycles. The van der Waals surface area contributed by atoms with Crippen molar-refractivity contribution in [3.63, 3.8) is 0 Å². The van der Waals surface area contributed by atoms with Gasteiger partial charge in [-0.3, -0.25) is 0 Å². The van der Waals surface area contributed by atoms with Gasteiger partial charge in [0.05, 0.1) is 11.6 Å². The molecule has 0 aliphatic heterocycles. The van der Waals surface area contributed by atoms with Crippen LogP contribution >= 0.6 is 0 Å². The second-order valence-corrected chi connectivity index (χ2v) is 5.28. The molecule has 0 bridgehead atoms. The molecule has 1 atom stereocenters. The van der Waals surface area contributed by atoms with Crippen molar-refractivity contribution in [2.45, 2.75) is 51.4 Å². The molecule has 1 aliphatic rings. The van der Waals surface area contributed by atoms with Crippen LogP contribution in [0.5, 0.6) is 0 Å². The summed E-state index contributed by atoms with van der Waals surface area (Å²) in [5.41, 5.74) is 1.26. The van der Waals surface area contributed by atoms with Gasteiger partial charge in [0.25, 0.3) is 0 Å². The van der Waals surface area contributed by atoms with Gasteiger partial charge in [-0.25, -0.2) is 0 Å². The van der Waals surface area contributed by atoms with Crippen LogP contribution in [0.4, 0.5) is 0 Å². The van der Waals surface area contributed by atoms with Crippen molar-refractivity contribution < 1.29 is 4.74 Å². The highest BCUT2D eigenvalue weighted by atomic mass is 16.5. The van der Waals surface area contributed by atoms with Crippen LogP contribution in [0.15, 0.2) is 36.5 Å². The SMILES string of the molecule is CC(OC1CCCCC1)n1ccc2ccccc21. The Labute approximate surface area is 109 Å². The average molecular weight is 243 g/mol. The molecule has 0 saturated heterocycles. The van der Waals surface area contributed by atoms with Crippen LogP contribution < -0.4 is 0 Å². The quantitative estimate of drug-likeness (QED) is 0.773. The normalized spacial score (nSPS) is 19.2. The third-order valence-electron chi connectivity index (χ3n) is 3.96. The van der Waals surface area contributed by atoms with Crippen molar-refractivity contribution in [3.8, 4) is 0 Å². The number of nitrogens with zero attached hydrogens (tertiary/aromatic N) is 1. The van der Waals surface area contributed by atoms with E-state index in [4.69, 9.17) is 4.74 Å². The lowest BCUT2D eigenvalue weighted by atomic mass is 9.98. The maximum Gasteiger partial charge on any atom is 0.131 e. The Kier molecular flexibility index (Phi) is 3.37. The van der Waals surface area contributed by atoms with Gasteiger partial charge in [0.2, 0.25) is 0 Å². The zero-order valence-electron chi connectivity index (χ0n) is 11.0. The summed E-state index contributed by atoms with van der Waals surface area (Å²) in [5.74, 6) is 0. The van der Waals surface area contributed by atoms with E-state index in [0.717, 1.165) is 0 Å². The molecule has 1 fully saturated rings. The molecule has 0 amide bonds. The summed E-state index contributed by atoms with van der Waals surface area (Å²) in [6, 6.07) is 10.6. The maximum absolute atomic E-state index is 6.21. The summed E-state index contributed by atoms with van der Waals surface area (Å²) in [6.07, 6.45) is 9.20. The van der Waals surface area contributed by atoms with Gasteiger partial charge >= 0.3 is 0 Å². The van der Waals surface area contributed by atoms with Crippen molar-refractivity contribution in [2.24, 2.45) is 0 Å². The molecule has 1 heterocycles. The fraction of sp³-hybridized carbons (Fsp3) is 0.500. The van der Waals surface area contributed by atoms with E-state index in [1.54, 1.807) is 0 Å². The lowest BCUT2D eigenvalue weighted by Gasteiger charge is -2.26. The van der Waals surface area contributed by atoms with Gasteiger partial charge in [0.15, 0.2) is 0 Å². The molecule has 0 radical (unpaired) electrons. The van der Waals surface area contributed by atoms with Crippen molar-refractivity contribution in [1.82, 2.24) is 4.57 Å². The lowest BCUT2D eigenvalue weighted by Crippen LogP contribution is -2.21. The molecule has 1 saturated carbocycles. The summed E-state index contributed by atoms with van der Waals surface area (Å²) in [4.78, 5) is 0. The zero-order chi connectivity index (χ0) is 12.4. The van der Waals surface area contributed by atoms with Crippen molar-refractivity contribution in [3.05, 3.63) is 36.5 Å². The standard InChI is InChI=1S/C16H21NO/c1-13(18-15-8-3-2-4-9-15)17-12-11-14-7-5-6-10-16(14)17/h5-7,10-13,15H,2-4,8-9H2,1H3. The zero-order valence-corrected chi connectivity index (χ0v) is 11.0. The molecule has 0 spiro atoms. The number of rotatable bonds is 3. The van der Waals surface area contributed by atoms with Crippen LogP contribution in [-0.4, -0.2) is 10.7 Å². The van der Waals surface area contributed by atoms with E-state index >= 15 is 0 Å². The third-order valence-corrected chi connectivity index (χ3v) is 3.96. The van der Waals surface area contributed by atoms with E-state index in [0.29, 0.717) is 6.10 Å². The fourth-order valence-electron chi connectivity index (χ4n) is 2.97. The largest absolute Gasteiger partial charge is 0.355 e. The summed E-state index contributed by atoms with van der Waals surface area (Å²) >= 11 is 0. The molecule has 0 N–H and O–H groups in total. The van der Waals surface area contributed by atoms with Gasteiger partial charge in [-0.1, -0.05) is 37.5 Å². The Morgan fingerprint density at radius 2 is 1.89 bits per heavy atom. The highest BCUT2D eigenvalue weighted by Crippen LogP contribution is 2.26. The molecule has 18 heavy (non-hydrogen) atoms. The smallest absolute Gasteiger partial charge is 0.131 e. The van der Waals surface area contributed by atoms with Crippen LogP contribution in [0.2, 0.25) is 0 Å². The first-order valence-electron chi connectivity index (χ1n) is 7.05. The fourth-order valence-corrected chi connectivity index (χ4v) is 2.97. The number of hydrogen-bond donors (Lipinski definition) is 0. The van der Waals surface area contributed by atoms with Crippen LogP contribution in [0.25, 0.3) is 10.9 Å². The Morgan fingerprint density at radius 1 is 1.11 bits per heavy atom. The molecule has 2 nitrogen and oxygen atoms in total. The molecule has 1 unspecified atom stereocenters. The van der Waals surface area contributed by atoms with Crippen LogP contribution in [0.1, 0.15) is 45.3 Å². The first kappa shape index (κ1) is 11.8. The minimum atomic E-state index is 0.132. The Hall–Kier alpha value is -1.28. The van der Waals surface area contributed by atoms with E-state index in [-0.39, 0.29) is 6.23 Å². The number of benzene rings is 1. The van der Waals surface area contributed by atoms with Crippen molar-refractivity contribution in [2.75, 3.05) is 0 Å².